The second-order valence-electron chi connectivity index (χ2n) is 9.71. The molecule has 5 heteroatoms. The minimum atomic E-state index is 0.188. The molecule has 2 aromatic rings. The van der Waals surface area contributed by atoms with Gasteiger partial charge >= 0.3 is 0 Å². The second-order valence-corrected chi connectivity index (χ2v) is 9.71. The van der Waals surface area contributed by atoms with E-state index in [-0.39, 0.29) is 5.54 Å². The normalized spacial score (nSPS) is 30.6. The summed E-state index contributed by atoms with van der Waals surface area (Å²) in [6, 6.07) is 8.48. The Morgan fingerprint density at radius 2 is 1.50 bits per heavy atom. The Labute approximate surface area is 167 Å². The first-order valence-electron chi connectivity index (χ1n) is 10.8. The average molecular weight is 378 g/mol. The molecule has 0 radical (unpaired) electrons. The summed E-state index contributed by atoms with van der Waals surface area (Å²) in [6.45, 7) is 4.40. The molecule has 4 saturated carbocycles. The van der Waals surface area contributed by atoms with Crippen LogP contribution in [0.3, 0.4) is 0 Å². The minimum absolute atomic E-state index is 0.188. The van der Waals surface area contributed by atoms with Gasteiger partial charge in [-0.15, -0.1) is 0 Å². The first-order valence-corrected chi connectivity index (χ1v) is 10.8. The van der Waals surface area contributed by atoms with Crippen LogP contribution < -0.4 is 16.4 Å². The molecule has 4 N–H and O–H groups in total. The molecule has 4 fully saturated rings. The van der Waals surface area contributed by atoms with Gasteiger partial charge < -0.3 is 16.4 Å². The van der Waals surface area contributed by atoms with E-state index in [1.165, 1.54) is 44.1 Å². The predicted octanol–water partition coefficient (Wildman–Crippen LogP) is 5.31. The van der Waals surface area contributed by atoms with Crippen molar-refractivity contribution in [1.29, 1.82) is 0 Å². The van der Waals surface area contributed by atoms with E-state index in [1.807, 2.05) is 0 Å². The van der Waals surface area contributed by atoms with Crippen molar-refractivity contribution in [2.75, 3.05) is 16.4 Å². The molecule has 1 aromatic heterocycles. The zero-order valence-corrected chi connectivity index (χ0v) is 16.9. The second kappa shape index (κ2) is 6.64. The number of nitrogens with zero attached hydrogens (tertiary/aromatic N) is 2. The van der Waals surface area contributed by atoms with Crippen molar-refractivity contribution >= 4 is 23.0 Å². The molecule has 4 aliphatic carbocycles. The van der Waals surface area contributed by atoms with Gasteiger partial charge in [-0.3, -0.25) is 0 Å². The summed E-state index contributed by atoms with van der Waals surface area (Å²) in [5, 5.41) is 7.16. The minimum Gasteiger partial charge on any atom is -0.393 e. The molecular weight excluding hydrogens is 346 g/mol. The summed E-state index contributed by atoms with van der Waals surface area (Å²) in [4.78, 5) is 8.91. The molecule has 4 bridgehead atoms. The standard InChI is InChI=1S/C23H31N5/c1-14(2)18-3-5-19(6-4-18)27-21-20(24)22(26-13-25-21)28-23-10-15-7-16(11-23)9-17(8-15)12-23/h3-6,13-17H,7-12,24H2,1-2H3,(H2,25,26,27,28). The number of hydrogen-bond acceptors (Lipinski definition) is 5. The Kier molecular flexibility index (Phi) is 4.22. The molecule has 4 aliphatic rings. The van der Waals surface area contributed by atoms with Gasteiger partial charge in [0.05, 0.1) is 0 Å². The van der Waals surface area contributed by atoms with E-state index in [2.05, 4.69) is 58.7 Å². The van der Waals surface area contributed by atoms with Crippen molar-refractivity contribution in [2.45, 2.75) is 63.8 Å². The van der Waals surface area contributed by atoms with Gasteiger partial charge in [0.2, 0.25) is 0 Å². The molecule has 148 valence electrons. The third-order valence-corrected chi connectivity index (χ3v) is 7.15. The largest absolute Gasteiger partial charge is 0.393 e. The Hall–Kier alpha value is -2.30. The van der Waals surface area contributed by atoms with E-state index in [0.29, 0.717) is 17.4 Å². The lowest BCUT2D eigenvalue weighted by atomic mass is 9.53. The van der Waals surface area contributed by atoms with E-state index < -0.39 is 0 Å². The van der Waals surface area contributed by atoms with E-state index in [0.717, 1.165) is 29.3 Å². The fourth-order valence-electron chi connectivity index (χ4n) is 6.20. The average Bonchev–Trinajstić information content (AvgIpc) is 2.64. The third kappa shape index (κ3) is 3.21. The highest BCUT2D eigenvalue weighted by molar-refractivity contribution is 5.78. The van der Waals surface area contributed by atoms with Gasteiger partial charge in [0.15, 0.2) is 11.6 Å². The number of nitrogens with one attached hydrogen (secondary N) is 2. The predicted molar refractivity (Wildman–Crippen MR) is 115 cm³/mol. The summed E-state index contributed by atoms with van der Waals surface area (Å²) < 4.78 is 0. The van der Waals surface area contributed by atoms with E-state index in [9.17, 15) is 0 Å². The smallest absolute Gasteiger partial charge is 0.159 e. The zero-order valence-electron chi connectivity index (χ0n) is 16.9. The van der Waals surface area contributed by atoms with Crippen LogP contribution in [0.25, 0.3) is 0 Å². The van der Waals surface area contributed by atoms with Crippen molar-refractivity contribution in [3.63, 3.8) is 0 Å². The number of nitrogen functional groups attached to an aromatic ring is 1. The van der Waals surface area contributed by atoms with E-state index in [4.69, 9.17) is 5.73 Å². The number of nitrogens with two attached hydrogens (primary N) is 1. The van der Waals surface area contributed by atoms with Crippen molar-refractivity contribution in [1.82, 2.24) is 9.97 Å². The van der Waals surface area contributed by atoms with Crippen LogP contribution >= 0.6 is 0 Å². The summed E-state index contributed by atoms with van der Waals surface area (Å²) >= 11 is 0. The van der Waals surface area contributed by atoms with Crippen molar-refractivity contribution in [3.8, 4) is 0 Å². The van der Waals surface area contributed by atoms with Crippen molar-refractivity contribution < 1.29 is 0 Å². The summed E-state index contributed by atoms with van der Waals surface area (Å²) in [5.74, 6) is 4.66. The van der Waals surface area contributed by atoms with Gasteiger partial charge in [0.1, 0.15) is 12.0 Å². The molecule has 6 rings (SSSR count). The Morgan fingerprint density at radius 1 is 0.929 bits per heavy atom. The molecule has 28 heavy (non-hydrogen) atoms. The van der Waals surface area contributed by atoms with Crippen LogP contribution in [0.15, 0.2) is 30.6 Å². The zero-order chi connectivity index (χ0) is 19.3. The highest BCUT2D eigenvalue weighted by Crippen LogP contribution is 2.56. The third-order valence-electron chi connectivity index (χ3n) is 7.15. The topological polar surface area (TPSA) is 75.9 Å². The molecule has 0 unspecified atom stereocenters. The number of aromatic nitrogens is 2. The molecule has 0 atom stereocenters. The monoisotopic (exact) mass is 377 g/mol. The fourth-order valence-corrected chi connectivity index (χ4v) is 6.20. The maximum Gasteiger partial charge on any atom is 0.159 e. The van der Waals surface area contributed by atoms with Crippen LogP contribution in [-0.2, 0) is 0 Å². The lowest BCUT2D eigenvalue weighted by molar-refractivity contribution is 0.0106. The summed E-state index contributed by atoms with van der Waals surface area (Å²) in [5.41, 5.74) is 9.61. The van der Waals surface area contributed by atoms with Gasteiger partial charge in [-0.2, -0.15) is 0 Å². The van der Waals surface area contributed by atoms with Crippen molar-refractivity contribution in [3.05, 3.63) is 36.2 Å². The van der Waals surface area contributed by atoms with Crippen LogP contribution in [0, 0.1) is 17.8 Å². The van der Waals surface area contributed by atoms with E-state index >= 15 is 0 Å². The lowest BCUT2D eigenvalue weighted by Crippen LogP contribution is -2.55. The van der Waals surface area contributed by atoms with Crippen molar-refractivity contribution in [2.24, 2.45) is 17.8 Å². The van der Waals surface area contributed by atoms with Crippen LogP contribution in [0.1, 0.15) is 63.9 Å². The maximum atomic E-state index is 6.49. The molecule has 0 saturated heterocycles. The highest BCUT2D eigenvalue weighted by atomic mass is 15.1. The fraction of sp³-hybridized carbons (Fsp3) is 0.565. The van der Waals surface area contributed by atoms with Gasteiger partial charge in [-0.05, 0) is 79.9 Å². The molecular formula is C23H31N5. The van der Waals surface area contributed by atoms with E-state index in [1.54, 1.807) is 6.33 Å². The van der Waals surface area contributed by atoms with Crippen LogP contribution in [0.5, 0.6) is 0 Å². The Bertz CT molecular complexity index is 823. The molecule has 0 amide bonds. The van der Waals surface area contributed by atoms with Gasteiger partial charge in [0.25, 0.3) is 0 Å². The number of benzene rings is 1. The molecule has 1 heterocycles. The molecule has 5 nitrogen and oxygen atoms in total. The quantitative estimate of drug-likeness (QED) is 0.658. The Morgan fingerprint density at radius 3 is 2.07 bits per heavy atom. The van der Waals surface area contributed by atoms with Crippen LogP contribution in [0.2, 0.25) is 0 Å². The molecule has 1 aromatic carbocycles. The SMILES string of the molecule is CC(C)c1ccc(Nc2ncnc(NC34CC5CC(CC(C5)C3)C4)c2N)cc1. The summed E-state index contributed by atoms with van der Waals surface area (Å²) in [7, 11) is 0. The molecule has 0 aliphatic heterocycles. The summed E-state index contributed by atoms with van der Waals surface area (Å²) in [6.07, 6.45) is 9.70. The van der Waals surface area contributed by atoms with Crippen LogP contribution in [0.4, 0.5) is 23.0 Å². The van der Waals surface area contributed by atoms with Crippen LogP contribution in [-0.4, -0.2) is 15.5 Å². The van der Waals surface area contributed by atoms with Gasteiger partial charge in [0, 0.05) is 11.2 Å². The number of anilines is 4. The Balaban J connectivity index is 1.36. The van der Waals surface area contributed by atoms with Gasteiger partial charge in [-0.25, -0.2) is 9.97 Å². The lowest BCUT2D eigenvalue weighted by Gasteiger charge is -2.57. The van der Waals surface area contributed by atoms with Gasteiger partial charge in [-0.1, -0.05) is 26.0 Å². The highest BCUT2D eigenvalue weighted by Gasteiger charge is 2.51. The first-order chi connectivity index (χ1) is 13.5. The first kappa shape index (κ1) is 17.8. The maximum absolute atomic E-state index is 6.49. The number of hydrogen-bond donors (Lipinski definition) is 3. The molecule has 0 spiro atoms. The number of rotatable bonds is 5.